The van der Waals surface area contributed by atoms with E-state index in [4.69, 9.17) is 11.6 Å². The fourth-order valence-corrected chi connectivity index (χ4v) is 4.76. The molecule has 2 aliphatic heterocycles. The highest BCUT2D eigenvalue weighted by molar-refractivity contribution is 6.34. The van der Waals surface area contributed by atoms with Crippen LogP contribution in [-0.2, 0) is 0 Å². The number of hydrogen-bond acceptors (Lipinski definition) is 5. The summed E-state index contributed by atoms with van der Waals surface area (Å²) in [4.78, 5) is 28.9. The van der Waals surface area contributed by atoms with E-state index in [1.165, 1.54) is 17.9 Å². The minimum atomic E-state index is -1.30. The Morgan fingerprint density at radius 2 is 1.53 bits per heavy atom. The number of piperazine rings is 1. The Morgan fingerprint density at radius 1 is 0.912 bits per heavy atom. The fraction of sp³-hybridized carbons (Fsp3) is 0.435. The topological polar surface area (TPSA) is 69.9 Å². The maximum atomic E-state index is 14.7. The highest BCUT2D eigenvalue weighted by Gasteiger charge is 2.31. The molecule has 4 rings (SSSR count). The summed E-state index contributed by atoms with van der Waals surface area (Å²) in [5.41, 5.74) is -0.0387. The summed E-state index contributed by atoms with van der Waals surface area (Å²) in [5, 5.41) is 11.5. The molecule has 2 fully saturated rings. The number of aryl methyl sites for hydroxylation is 1. The van der Waals surface area contributed by atoms with Crippen LogP contribution in [0.3, 0.4) is 0 Å². The lowest BCUT2D eigenvalue weighted by molar-refractivity contribution is -0.384. The zero-order valence-corrected chi connectivity index (χ0v) is 19.4. The Hall–Kier alpha value is -3.01. The quantitative estimate of drug-likeness (QED) is 0.341. The molecule has 2 aromatic carbocycles. The number of anilines is 2. The number of nitro groups is 1. The average molecular weight is 497 g/mol. The summed E-state index contributed by atoms with van der Waals surface area (Å²) >= 11 is 6.09. The van der Waals surface area contributed by atoms with Gasteiger partial charge in [0.05, 0.1) is 27.3 Å². The first-order valence-electron chi connectivity index (χ1n) is 11.1. The number of halogens is 4. The maximum absolute atomic E-state index is 14.7. The normalized spacial score (nSPS) is 16.7. The predicted molar refractivity (Wildman–Crippen MR) is 123 cm³/mol. The van der Waals surface area contributed by atoms with Crippen molar-refractivity contribution >= 4 is 34.6 Å². The molecule has 0 N–H and O–H groups in total. The van der Waals surface area contributed by atoms with E-state index in [0.717, 1.165) is 31.4 Å². The average Bonchev–Trinajstić information content (AvgIpc) is 2.83. The molecule has 0 atom stereocenters. The monoisotopic (exact) mass is 496 g/mol. The van der Waals surface area contributed by atoms with E-state index in [1.54, 1.807) is 4.90 Å². The number of carbonyl (C=O) groups is 1. The van der Waals surface area contributed by atoms with E-state index in [1.807, 2.05) is 4.90 Å². The molecular formula is C23H24ClF3N4O3. The van der Waals surface area contributed by atoms with Crippen LogP contribution in [0.25, 0.3) is 0 Å². The molecule has 0 unspecified atom stereocenters. The van der Waals surface area contributed by atoms with E-state index < -0.39 is 33.8 Å². The zero-order chi connectivity index (χ0) is 24.6. The van der Waals surface area contributed by atoms with Crippen molar-refractivity contribution in [1.29, 1.82) is 0 Å². The first kappa shape index (κ1) is 24.1. The molecular weight excluding hydrogens is 473 g/mol. The largest absolute Gasteiger partial charge is 0.369 e. The summed E-state index contributed by atoms with van der Waals surface area (Å²) in [5.74, 6) is -3.84. The Labute approximate surface area is 199 Å². The molecule has 34 heavy (non-hydrogen) atoms. The van der Waals surface area contributed by atoms with Crippen LogP contribution in [0.2, 0.25) is 5.02 Å². The van der Waals surface area contributed by atoms with E-state index >= 15 is 0 Å². The van der Waals surface area contributed by atoms with Gasteiger partial charge in [-0.05, 0) is 43.9 Å². The molecule has 2 saturated heterocycles. The van der Waals surface area contributed by atoms with Crippen molar-refractivity contribution in [1.82, 2.24) is 4.90 Å². The molecule has 182 valence electrons. The number of benzene rings is 2. The van der Waals surface area contributed by atoms with E-state index in [-0.39, 0.29) is 48.1 Å². The predicted octanol–water partition coefficient (Wildman–Crippen LogP) is 4.93. The van der Waals surface area contributed by atoms with Crippen molar-refractivity contribution in [3.8, 4) is 0 Å². The molecule has 1 amide bonds. The maximum Gasteiger partial charge on any atom is 0.295 e. The number of rotatable bonds is 4. The van der Waals surface area contributed by atoms with Crippen LogP contribution >= 0.6 is 11.6 Å². The molecule has 2 heterocycles. The summed E-state index contributed by atoms with van der Waals surface area (Å²) in [7, 11) is 0. The van der Waals surface area contributed by atoms with E-state index in [0.29, 0.717) is 18.8 Å². The van der Waals surface area contributed by atoms with E-state index in [9.17, 15) is 28.1 Å². The second-order valence-corrected chi connectivity index (χ2v) is 8.93. The Morgan fingerprint density at radius 3 is 2.15 bits per heavy atom. The van der Waals surface area contributed by atoms with Crippen LogP contribution in [0.5, 0.6) is 0 Å². The van der Waals surface area contributed by atoms with Crippen LogP contribution in [0.15, 0.2) is 18.2 Å². The molecule has 0 aliphatic carbocycles. The number of nitrogens with zero attached hydrogens (tertiary/aromatic N) is 4. The Bertz CT molecular complexity index is 1110. The Kier molecular flexibility index (Phi) is 6.88. The lowest BCUT2D eigenvalue weighted by Gasteiger charge is -2.37. The lowest BCUT2D eigenvalue weighted by atomic mass is 10.1. The SMILES string of the molecule is Cc1cc(F)c(F)c(C(=O)N2CCN(c3cc(N4CCCCC4)c(F)cc3[N+](=O)[O-])CC2)c1Cl. The molecule has 0 aromatic heterocycles. The van der Waals surface area contributed by atoms with Crippen molar-refractivity contribution in [3.63, 3.8) is 0 Å². The van der Waals surface area contributed by atoms with Gasteiger partial charge in [-0.2, -0.15) is 0 Å². The van der Waals surface area contributed by atoms with Gasteiger partial charge in [0.1, 0.15) is 5.69 Å². The number of piperidine rings is 1. The zero-order valence-electron chi connectivity index (χ0n) is 18.6. The van der Waals surface area contributed by atoms with Gasteiger partial charge in [-0.3, -0.25) is 14.9 Å². The standard InChI is InChI=1S/C23H24ClF3N4O3/c1-14-11-16(26)22(27)20(21(14)24)23(32)30-9-7-29(8-10-30)18-13-17(28-5-3-2-4-6-28)15(25)12-19(18)31(33)34/h11-13H,2-10H2,1H3. The van der Waals surface area contributed by atoms with Gasteiger partial charge >= 0.3 is 0 Å². The van der Waals surface area contributed by atoms with Crippen molar-refractivity contribution in [2.75, 3.05) is 49.1 Å². The minimum absolute atomic E-state index is 0.109. The fourth-order valence-electron chi connectivity index (χ4n) is 4.54. The number of nitro benzene ring substituents is 1. The molecule has 0 radical (unpaired) electrons. The second kappa shape index (κ2) is 9.69. The van der Waals surface area contributed by atoms with Gasteiger partial charge in [0.2, 0.25) is 0 Å². The van der Waals surface area contributed by atoms with Crippen LogP contribution in [-0.4, -0.2) is 55.0 Å². The first-order chi connectivity index (χ1) is 16.2. The van der Waals surface area contributed by atoms with Gasteiger partial charge in [0.15, 0.2) is 17.5 Å². The highest BCUT2D eigenvalue weighted by atomic mass is 35.5. The van der Waals surface area contributed by atoms with Gasteiger partial charge in [-0.1, -0.05) is 11.6 Å². The smallest absolute Gasteiger partial charge is 0.295 e. The number of amides is 1. The van der Waals surface area contributed by atoms with Crippen molar-refractivity contribution in [3.05, 3.63) is 61.9 Å². The first-order valence-corrected chi connectivity index (χ1v) is 11.5. The summed E-state index contributed by atoms with van der Waals surface area (Å²) in [6, 6.07) is 3.38. The third kappa shape index (κ3) is 4.51. The number of carbonyl (C=O) groups excluding carboxylic acids is 1. The van der Waals surface area contributed by atoms with Crippen LogP contribution < -0.4 is 9.80 Å². The molecule has 0 bridgehead atoms. The van der Waals surface area contributed by atoms with Gasteiger partial charge < -0.3 is 14.7 Å². The summed E-state index contributed by atoms with van der Waals surface area (Å²) in [6.45, 7) is 3.45. The molecule has 0 spiro atoms. The van der Waals surface area contributed by atoms with Crippen molar-refractivity contribution < 1.29 is 22.9 Å². The van der Waals surface area contributed by atoms with Gasteiger partial charge in [0, 0.05) is 39.3 Å². The third-order valence-electron chi connectivity index (χ3n) is 6.40. The summed E-state index contributed by atoms with van der Waals surface area (Å²) < 4.78 is 43.0. The highest BCUT2D eigenvalue weighted by Crippen LogP contribution is 2.37. The molecule has 2 aromatic rings. The van der Waals surface area contributed by atoms with Crippen molar-refractivity contribution in [2.24, 2.45) is 0 Å². The van der Waals surface area contributed by atoms with Gasteiger partial charge in [-0.25, -0.2) is 13.2 Å². The van der Waals surface area contributed by atoms with Crippen molar-refractivity contribution in [2.45, 2.75) is 26.2 Å². The molecule has 11 heteroatoms. The molecule has 7 nitrogen and oxygen atoms in total. The Balaban J connectivity index is 1.57. The third-order valence-corrected chi connectivity index (χ3v) is 6.88. The van der Waals surface area contributed by atoms with Gasteiger partial charge in [-0.15, -0.1) is 0 Å². The van der Waals surface area contributed by atoms with Crippen LogP contribution in [0, 0.1) is 34.5 Å². The minimum Gasteiger partial charge on any atom is -0.369 e. The second-order valence-electron chi connectivity index (χ2n) is 8.55. The van der Waals surface area contributed by atoms with Crippen LogP contribution in [0.4, 0.5) is 30.2 Å². The summed E-state index contributed by atoms with van der Waals surface area (Å²) in [6.07, 6.45) is 2.90. The van der Waals surface area contributed by atoms with Crippen LogP contribution in [0.1, 0.15) is 35.2 Å². The lowest BCUT2D eigenvalue weighted by Crippen LogP contribution is -2.49. The molecule has 2 aliphatic rings. The van der Waals surface area contributed by atoms with E-state index in [2.05, 4.69) is 0 Å². The molecule has 0 saturated carbocycles. The van der Waals surface area contributed by atoms with Gasteiger partial charge in [0.25, 0.3) is 11.6 Å². The number of hydrogen-bond donors (Lipinski definition) is 0.